The number of phosphoric acid groups is 1. The zero-order chi connectivity index (χ0) is 5.91. The first-order chi connectivity index (χ1) is 3.06. The van der Waals surface area contributed by atoms with E-state index >= 15 is 0 Å². The third kappa shape index (κ3) is 6.29. The minimum absolute atomic E-state index is 0.155. The Hall–Kier alpha value is 0.287. The van der Waals surface area contributed by atoms with Gasteiger partial charge in [-0.3, -0.25) is 4.58 Å². The number of hydrogen-bond acceptors (Lipinski definition) is 3. The van der Waals surface area contributed by atoms with E-state index in [-0.39, 0.29) is 10.5 Å². The quantitative estimate of drug-likeness (QED) is 0.209. The van der Waals surface area contributed by atoms with E-state index in [1.807, 2.05) is 0 Å². The van der Waals surface area contributed by atoms with Crippen molar-refractivity contribution in [2.45, 2.75) is 0 Å². The van der Waals surface area contributed by atoms with Gasteiger partial charge in [0.1, 0.15) is 0 Å². The average Bonchev–Trinajstić information content (AvgIpc) is 1.30. The lowest BCUT2D eigenvalue weighted by molar-refractivity contribution is -0.117. The lowest BCUT2D eigenvalue weighted by Gasteiger charge is -1.97. The predicted molar refractivity (Wildman–Crippen MR) is 24.2 cm³/mol. The molecule has 2 N–H and O–H groups in total. The Balaban J connectivity index is 3.36. The zero-order valence-electron chi connectivity index (χ0n) is 3.57. The van der Waals surface area contributed by atoms with Gasteiger partial charge in [-0.2, -0.15) is 0 Å². The molecule has 0 aromatic rings. The van der Waals surface area contributed by atoms with E-state index in [0.717, 1.165) is 0 Å². The molecule has 0 aromatic carbocycles. The second kappa shape index (κ2) is 2.56. The molecule has 0 aliphatic rings. The van der Waals surface area contributed by atoms with Gasteiger partial charge >= 0.3 is 7.82 Å². The Morgan fingerprint density at radius 1 is 1.57 bits per heavy atom. The molecular formula is H5O5PSi. The summed E-state index contributed by atoms with van der Waals surface area (Å²) in [7, 11) is -4.20. The van der Waals surface area contributed by atoms with E-state index in [1.54, 1.807) is 0 Å². The van der Waals surface area contributed by atoms with E-state index in [4.69, 9.17) is 9.79 Å². The molecule has 0 saturated heterocycles. The average molecular weight is 144 g/mol. The monoisotopic (exact) mass is 144 g/mol. The summed E-state index contributed by atoms with van der Waals surface area (Å²) in [6, 6.07) is 0. The van der Waals surface area contributed by atoms with Crippen LogP contribution < -0.4 is 0 Å². The summed E-state index contributed by atoms with van der Waals surface area (Å²) >= 11 is 0. The van der Waals surface area contributed by atoms with Crippen LogP contribution in [0.5, 0.6) is 0 Å². The van der Waals surface area contributed by atoms with Crippen LogP contribution in [-0.2, 0) is 13.8 Å². The summed E-state index contributed by atoms with van der Waals surface area (Å²) in [4.78, 5) is 15.6. The largest absolute Gasteiger partial charge is 0.495 e. The second-order valence-corrected chi connectivity index (χ2v) is 2.20. The Morgan fingerprint density at radius 2 is 2.00 bits per heavy atom. The molecule has 7 heavy (non-hydrogen) atoms. The van der Waals surface area contributed by atoms with Gasteiger partial charge in [0.25, 0.3) is 0 Å². The van der Waals surface area contributed by atoms with Crippen LogP contribution in [0.25, 0.3) is 0 Å². The van der Waals surface area contributed by atoms with E-state index < -0.39 is 7.82 Å². The summed E-state index contributed by atoms with van der Waals surface area (Å²) in [5, 5.41) is 0. The van der Waals surface area contributed by atoms with Crippen molar-refractivity contribution in [3.05, 3.63) is 0 Å². The molecule has 0 spiro atoms. The van der Waals surface area contributed by atoms with Gasteiger partial charge in [0.15, 0.2) is 10.5 Å². The van der Waals surface area contributed by atoms with Gasteiger partial charge in [0.2, 0.25) is 0 Å². The van der Waals surface area contributed by atoms with Gasteiger partial charge in [0, 0.05) is 0 Å². The van der Waals surface area contributed by atoms with Crippen LogP contribution in [0.3, 0.4) is 0 Å². The number of rotatable bonds is 2. The Kier molecular flexibility index (Phi) is 2.66. The molecule has 0 rings (SSSR count). The smallest absolute Gasteiger partial charge is 0.301 e. The van der Waals surface area contributed by atoms with Crippen molar-refractivity contribution in [1.29, 1.82) is 0 Å². The number of hydrogen-bond donors (Lipinski definition) is 2. The van der Waals surface area contributed by atoms with Crippen molar-refractivity contribution < 1.29 is 23.6 Å². The highest BCUT2D eigenvalue weighted by Gasteiger charge is 2.12. The zero-order valence-corrected chi connectivity index (χ0v) is 6.46. The molecule has 0 radical (unpaired) electrons. The molecule has 0 aromatic heterocycles. The molecule has 0 amide bonds. The van der Waals surface area contributed by atoms with Crippen LogP contribution in [0.15, 0.2) is 0 Å². The minimum atomic E-state index is -4.35. The highest BCUT2D eigenvalue weighted by molar-refractivity contribution is 7.46. The molecule has 0 unspecified atom stereocenters. The van der Waals surface area contributed by atoms with Gasteiger partial charge in [-0.05, 0) is 0 Å². The molecule has 0 aliphatic carbocycles. The topological polar surface area (TPSA) is 76.0 Å². The molecule has 0 bridgehead atoms. The third-order valence-electron chi connectivity index (χ3n) is 0.172. The molecule has 0 aliphatic heterocycles. The second-order valence-electron chi connectivity index (χ2n) is 0.732. The normalized spacial score (nSPS) is 12.3. The lowest BCUT2D eigenvalue weighted by Crippen LogP contribution is -1.85. The van der Waals surface area contributed by atoms with E-state index in [1.165, 1.54) is 0 Å². The van der Waals surface area contributed by atoms with Crippen molar-refractivity contribution in [2.24, 2.45) is 0 Å². The summed E-state index contributed by atoms with van der Waals surface area (Å²) < 4.78 is 16.8. The van der Waals surface area contributed by atoms with Crippen molar-refractivity contribution in [2.75, 3.05) is 0 Å². The Bertz CT molecular complexity index is 82.1. The van der Waals surface area contributed by atoms with Crippen LogP contribution in [0, 0.1) is 0 Å². The third-order valence-corrected chi connectivity index (χ3v) is 0.962. The van der Waals surface area contributed by atoms with Gasteiger partial charge < -0.3 is 9.79 Å². The van der Waals surface area contributed by atoms with E-state index in [0.29, 0.717) is 0 Å². The highest BCUT2D eigenvalue weighted by Crippen LogP contribution is 2.35. The molecular weight excluding hydrogens is 139 g/mol. The van der Waals surface area contributed by atoms with Gasteiger partial charge in [-0.25, -0.2) is 4.57 Å². The summed E-state index contributed by atoms with van der Waals surface area (Å²) in [6.45, 7) is 0. The maximum Gasteiger partial charge on any atom is 0.495 e. The molecule has 0 fully saturated rings. The maximum absolute atomic E-state index is 9.60. The van der Waals surface area contributed by atoms with Gasteiger partial charge in [0.05, 0.1) is 0 Å². The summed E-state index contributed by atoms with van der Waals surface area (Å²) in [6.07, 6.45) is 0. The van der Waals surface area contributed by atoms with Crippen molar-refractivity contribution in [3.63, 3.8) is 0 Å². The molecule has 5 nitrogen and oxygen atoms in total. The summed E-state index contributed by atoms with van der Waals surface area (Å²) in [5.74, 6) is 0. The first-order valence-electron chi connectivity index (χ1n) is 1.34. The maximum atomic E-state index is 9.60. The van der Waals surface area contributed by atoms with Crippen molar-refractivity contribution in [1.82, 2.24) is 0 Å². The molecule has 44 valence electrons. The molecule has 0 atom stereocenters. The summed E-state index contributed by atoms with van der Waals surface area (Å²) in [5.41, 5.74) is 0. The fraction of sp³-hybridized carbons (Fsp3) is 0. The lowest BCUT2D eigenvalue weighted by atomic mass is 14.9. The predicted octanol–water partition coefficient (Wildman–Crippen LogP) is -1.69. The fourth-order valence-corrected chi connectivity index (χ4v) is 0.874. The fourth-order valence-electron chi connectivity index (χ4n) is 0.0971. The first-order valence-corrected chi connectivity index (χ1v) is 3.69. The van der Waals surface area contributed by atoms with Crippen LogP contribution in [0.4, 0.5) is 0 Å². The molecule has 0 saturated carbocycles. The molecule has 7 heteroatoms. The standard InChI is InChI=1S/H5O5PSi/c1-6(2,3)4-5-7/h7H3,(H2,1,2,3). The van der Waals surface area contributed by atoms with Crippen LogP contribution >= 0.6 is 7.82 Å². The van der Waals surface area contributed by atoms with Gasteiger partial charge in [-0.15, -0.1) is 4.67 Å². The van der Waals surface area contributed by atoms with Crippen LogP contribution in [0.2, 0.25) is 0 Å². The van der Waals surface area contributed by atoms with Crippen molar-refractivity contribution in [3.8, 4) is 0 Å². The molecule has 0 heterocycles. The first kappa shape index (κ1) is 7.29. The minimum Gasteiger partial charge on any atom is -0.301 e. The SMILES string of the molecule is O=P(O)(O)OO[SiH3]. The van der Waals surface area contributed by atoms with E-state index in [2.05, 4.69) is 9.25 Å². The van der Waals surface area contributed by atoms with Crippen LogP contribution in [0.1, 0.15) is 0 Å². The Morgan fingerprint density at radius 3 is 2.00 bits per heavy atom. The highest BCUT2D eigenvalue weighted by atomic mass is 31.2. The van der Waals surface area contributed by atoms with Gasteiger partial charge in [-0.1, -0.05) is 0 Å². The van der Waals surface area contributed by atoms with Crippen molar-refractivity contribution >= 4 is 18.3 Å². The van der Waals surface area contributed by atoms with E-state index in [9.17, 15) is 4.57 Å². The Labute approximate surface area is 43.0 Å². The van der Waals surface area contributed by atoms with Crippen LogP contribution in [-0.4, -0.2) is 20.3 Å².